The molecule has 0 fully saturated rings. The predicted molar refractivity (Wildman–Crippen MR) is 241 cm³/mol. The Morgan fingerprint density at radius 1 is 0.615 bits per heavy atom. The zero-order chi connectivity index (χ0) is 38.9. The van der Waals surface area contributed by atoms with Crippen LogP contribution in [-0.4, -0.2) is 51.0 Å². The summed E-state index contributed by atoms with van der Waals surface area (Å²) in [6, 6.07) is 26.7. The van der Waals surface area contributed by atoms with Gasteiger partial charge in [0.1, 0.15) is 0 Å². The Balaban J connectivity index is 0.000000510. The van der Waals surface area contributed by atoms with E-state index in [1.54, 1.807) is 0 Å². The first kappa shape index (κ1) is 49.2. The summed E-state index contributed by atoms with van der Waals surface area (Å²) in [5, 5.41) is 2.50. The molecule has 0 amide bonds. The van der Waals surface area contributed by atoms with Gasteiger partial charge in [-0.3, -0.25) is 4.98 Å². The van der Waals surface area contributed by atoms with E-state index in [0.29, 0.717) is 0 Å². The van der Waals surface area contributed by atoms with Gasteiger partial charge in [0.05, 0.1) is 0 Å². The average Bonchev–Trinajstić information content (AvgIpc) is 3.01. The van der Waals surface area contributed by atoms with Gasteiger partial charge in [-0.25, -0.2) is 0 Å². The van der Waals surface area contributed by atoms with Crippen molar-refractivity contribution in [3.63, 3.8) is 0 Å². The Morgan fingerprint density at radius 2 is 1.02 bits per heavy atom. The minimum absolute atomic E-state index is 0. The Bertz CT molecular complexity index is 1430. The number of anilines is 2. The number of aromatic nitrogens is 1. The molecule has 52 heavy (non-hydrogen) atoms. The molecule has 0 spiro atoms. The second-order valence-electron chi connectivity index (χ2n) is 18.9. The zero-order valence-corrected chi connectivity index (χ0v) is 42.8. The van der Waals surface area contributed by atoms with Crippen molar-refractivity contribution in [1.29, 1.82) is 0 Å². The van der Waals surface area contributed by atoms with Gasteiger partial charge >= 0.3 is 26.2 Å². The molecule has 0 N–H and O–H groups in total. The Hall–Kier alpha value is -0.869. The maximum atomic E-state index is 5.29. The molecule has 0 aliphatic rings. The van der Waals surface area contributed by atoms with E-state index in [0.717, 1.165) is 30.2 Å². The average molecular weight is 872 g/mol. The fraction of sp³-hybridized carbons (Fsp3) is 0.564. The molecule has 13 heteroatoms. The summed E-state index contributed by atoms with van der Waals surface area (Å²) in [5.41, 5.74) is 3.04. The van der Waals surface area contributed by atoms with Gasteiger partial charge in [0, 0.05) is 23.3 Å². The molecular weight excluding hydrogens is 802 g/mol. The van der Waals surface area contributed by atoms with Crippen molar-refractivity contribution in [2.75, 3.05) is 18.1 Å². The molecule has 1 heterocycles. The second-order valence-corrected chi connectivity index (χ2v) is 39.5. The number of hydrogen-bond acceptors (Lipinski definition) is 3. The van der Waals surface area contributed by atoms with Gasteiger partial charge in [-0.1, -0.05) is 172 Å². The molecular formula is C39H69N7SSi4Zr. The first-order chi connectivity index (χ1) is 23.2. The van der Waals surface area contributed by atoms with Crippen LogP contribution in [0.5, 0.6) is 0 Å². The molecule has 2 aromatic carbocycles. The third-order valence-corrected chi connectivity index (χ3v) is 24.7. The summed E-state index contributed by atoms with van der Waals surface area (Å²) < 4.78 is 10.0. The second kappa shape index (κ2) is 19.8. The van der Waals surface area contributed by atoms with E-state index in [2.05, 4.69) is 155 Å². The maximum absolute atomic E-state index is 5.29. The van der Waals surface area contributed by atoms with Gasteiger partial charge in [0.2, 0.25) is 0 Å². The first-order valence-corrected chi connectivity index (χ1v) is 32.2. The van der Waals surface area contributed by atoms with E-state index in [1.165, 1.54) is 0 Å². The summed E-state index contributed by atoms with van der Waals surface area (Å²) in [6.45, 7) is 40.7. The number of benzene rings is 2. The summed E-state index contributed by atoms with van der Waals surface area (Å²) in [6.07, 6.45) is 1.90. The van der Waals surface area contributed by atoms with Gasteiger partial charge in [-0.2, -0.15) is 0 Å². The molecule has 1 aromatic heterocycles. The number of pyridine rings is 1. The molecule has 0 saturated heterocycles. The van der Waals surface area contributed by atoms with E-state index in [9.17, 15) is 0 Å². The molecule has 0 aliphatic heterocycles. The van der Waals surface area contributed by atoms with Crippen LogP contribution in [0.3, 0.4) is 0 Å². The fourth-order valence-electron chi connectivity index (χ4n) is 4.15. The normalized spacial score (nSPS) is 13.9. The fourth-order valence-corrected chi connectivity index (χ4v) is 11.7. The van der Waals surface area contributed by atoms with Crippen LogP contribution in [0.15, 0.2) is 89.1 Å². The van der Waals surface area contributed by atoms with E-state index < -0.39 is 44.0 Å². The van der Waals surface area contributed by atoms with E-state index in [1.807, 2.05) is 53.7 Å². The quantitative estimate of drug-likeness (QED) is 0.119. The Labute approximate surface area is 345 Å². The zero-order valence-electron chi connectivity index (χ0n) is 35.5. The number of hydrogen-bond donors (Lipinski definition) is 0. The van der Waals surface area contributed by atoms with Crippen molar-refractivity contribution < 1.29 is 26.2 Å². The van der Waals surface area contributed by atoms with Crippen molar-refractivity contribution in [3.8, 4) is 0 Å². The monoisotopic (exact) mass is 869 g/mol. The third kappa shape index (κ3) is 16.5. The van der Waals surface area contributed by atoms with Crippen LogP contribution in [0, 0.1) is 0 Å². The van der Waals surface area contributed by atoms with Gasteiger partial charge < -0.3 is 39.3 Å². The van der Waals surface area contributed by atoms with Crippen LogP contribution in [0.4, 0.5) is 11.4 Å². The van der Waals surface area contributed by atoms with E-state index in [4.69, 9.17) is 23.2 Å². The van der Waals surface area contributed by atoms with Crippen molar-refractivity contribution in [2.24, 2.45) is 4.03 Å². The van der Waals surface area contributed by atoms with Gasteiger partial charge in [-0.05, 0) is 61.5 Å². The van der Waals surface area contributed by atoms with Crippen LogP contribution in [0.25, 0.3) is 19.2 Å². The molecule has 0 aliphatic carbocycles. The summed E-state index contributed by atoms with van der Waals surface area (Å²) >= 11 is -0.670. The number of para-hydroxylation sites is 2. The van der Waals surface area contributed by atoms with Crippen LogP contribution >= 0.6 is 0 Å². The van der Waals surface area contributed by atoms with Crippen molar-refractivity contribution >= 4 is 55.4 Å². The van der Waals surface area contributed by atoms with E-state index >= 15 is 0 Å². The van der Waals surface area contributed by atoms with Crippen molar-refractivity contribution in [3.05, 3.63) is 110 Å². The Kier molecular flexibility index (Phi) is 18.7. The first-order valence-electron chi connectivity index (χ1n) is 18.3. The topological polar surface area (TPSA) is 84.9 Å². The van der Waals surface area contributed by atoms with Gasteiger partial charge in [-0.15, -0.1) is 13.1 Å². The van der Waals surface area contributed by atoms with Crippen molar-refractivity contribution in [2.45, 2.75) is 129 Å². The van der Waals surface area contributed by atoms with Crippen LogP contribution in [-0.2, 0) is 42.7 Å². The third-order valence-electron chi connectivity index (χ3n) is 9.47. The van der Waals surface area contributed by atoms with Crippen LogP contribution in [0.2, 0.25) is 75.5 Å². The molecule has 1 atom stereocenters. The SMILES string of the molecule is CC(C[N-][Si](C)(C)C(C)(C)C)(C[N-][Si](C)(C)C(C)(C)C)c1ccccn1.C[Si](C)(C)/N=[S@](\[N-]N(c1ccccc1)c1ccccc1)[N-][Si](C)(C)C.[Zr+4]. The predicted octanol–water partition coefficient (Wildman–Crippen LogP) is 13.9. The van der Waals surface area contributed by atoms with Crippen LogP contribution < -0.4 is 5.01 Å². The van der Waals surface area contributed by atoms with Crippen LogP contribution in [0.1, 0.15) is 54.2 Å². The summed E-state index contributed by atoms with van der Waals surface area (Å²) in [7, 11) is -6.67. The molecule has 0 saturated carbocycles. The Morgan fingerprint density at radius 3 is 1.35 bits per heavy atom. The summed E-state index contributed by atoms with van der Waals surface area (Å²) in [5.74, 6) is 0. The molecule has 0 unspecified atom stereocenters. The minimum atomic E-state index is -1.69. The maximum Gasteiger partial charge on any atom is 4.00 e. The molecule has 0 radical (unpaired) electrons. The molecule has 3 aromatic rings. The van der Waals surface area contributed by atoms with Crippen molar-refractivity contribution in [1.82, 2.24) is 4.98 Å². The summed E-state index contributed by atoms with van der Waals surface area (Å²) in [4.78, 5) is 20.3. The number of nitrogens with zero attached hydrogens (tertiary/aromatic N) is 7. The largest absolute Gasteiger partial charge is 4.00 e. The van der Waals surface area contributed by atoms with E-state index in [-0.39, 0.29) is 41.7 Å². The molecule has 7 nitrogen and oxygen atoms in total. The number of rotatable bonds is 14. The molecule has 0 bridgehead atoms. The smallest absolute Gasteiger partial charge is 0.664 e. The molecule has 286 valence electrons. The minimum Gasteiger partial charge on any atom is -0.664 e. The van der Waals surface area contributed by atoms with Gasteiger partial charge in [0.25, 0.3) is 0 Å². The van der Waals surface area contributed by atoms with Gasteiger partial charge in [0.15, 0.2) is 8.24 Å². The molecule has 3 rings (SSSR count). The standard InChI is InChI=1S/C21H41N3Si2.C18H28N4SSi2.Zr/c1-19(2,3)25(8,9)23-16-21(7,18-14-12-13-15-22-18)17-24-26(10,11)20(4,5)6;1-24(2,3)20-23(21-25(4,5)6)19-22(17-13-9-7-10-14-17)18-15-11-8-12-16-18;/h12-15H,16-17H2,1-11H3;7-16H,1-6H3;/q2*-2;+4.